The van der Waals surface area contributed by atoms with Crippen LogP contribution in [0.15, 0.2) is 29.4 Å². The van der Waals surface area contributed by atoms with Gasteiger partial charge in [-0.3, -0.25) is 9.67 Å². The molecule has 0 amide bonds. The topological polar surface area (TPSA) is 98.3 Å². The van der Waals surface area contributed by atoms with Gasteiger partial charge in [-0.1, -0.05) is 23.9 Å². The molecule has 0 unspecified atom stereocenters. The normalized spacial score (nSPS) is 11.1. The van der Waals surface area contributed by atoms with Crippen LogP contribution in [0.1, 0.15) is 17.5 Å². The predicted octanol–water partition coefficient (Wildman–Crippen LogP) is 1.63. The summed E-state index contributed by atoms with van der Waals surface area (Å²) in [4.78, 5) is 4.25. The lowest BCUT2D eigenvalue weighted by atomic mass is 10.3. The van der Waals surface area contributed by atoms with Gasteiger partial charge in [-0.15, -0.1) is 10.2 Å². The zero-order valence-electron chi connectivity index (χ0n) is 12.5. The van der Waals surface area contributed by atoms with Crippen LogP contribution in [0.2, 0.25) is 0 Å². The van der Waals surface area contributed by atoms with E-state index in [1.54, 1.807) is 22.8 Å². The number of rotatable bonds is 6. The highest BCUT2D eigenvalue weighted by atomic mass is 32.2. The fraction of sp³-hybridized carbons (Fsp3) is 0.286. The summed E-state index contributed by atoms with van der Waals surface area (Å²) in [6, 6.07) is 6.53. The Balaban J connectivity index is 1.92. The van der Waals surface area contributed by atoms with Crippen molar-refractivity contribution in [1.82, 2.24) is 29.9 Å². The summed E-state index contributed by atoms with van der Waals surface area (Å²) >= 11 is 1.40. The second kappa shape index (κ2) is 6.88. The lowest BCUT2D eigenvalue weighted by molar-refractivity contribution is 0.609. The van der Waals surface area contributed by atoms with E-state index in [2.05, 4.69) is 25.4 Å². The molecule has 0 saturated heterocycles. The van der Waals surface area contributed by atoms with Crippen molar-refractivity contribution in [3.63, 3.8) is 0 Å². The number of benzene rings is 1. The van der Waals surface area contributed by atoms with Gasteiger partial charge in [-0.25, -0.2) is 9.37 Å². The number of aromatic amines is 1. The third-order valence-electron chi connectivity index (χ3n) is 3.14. The minimum atomic E-state index is -0.332. The molecule has 9 heteroatoms. The summed E-state index contributed by atoms with van der Waals surface area (Å²) in [6.07, 6.45) is 0.516. The van der Waals surface area contributed by atoms with Crippen molar-refractivity contribution in [2.45, 2.75) is 24.3 Å². The molecule has 0 atom stereocenters. The Kier molecular flexibility index (Phi) is 4.68. The molecule has 0 aliphatic heterocycles. The summed E-state index contributed by atoms with van der Waals surface area (Å²) in [7, 11) is 0. The first-order valence-corrected chi connectivity index (χ1v) is 8.07. The molecule has 120 valence electrons. The maximum Gasteiger partial charge on any atom is 0.196 e. The Hall–Kier alpha value is -2.26. The fourth-order valence-electron chi connectivity index (χ4n) is 2.14. The molecule has 0 saturated carbocycles. The van der Waals surface area contributed by atoms with Crippen molar-refractivity contribution in [2.75, 3.05) is 6.54 Å². The van der Waals surface area contributed by atoms with Crippen molar-refractivity contribution in [3.05, 3.63) is 47.6 Å². The molecule has 0 aliphatic carbocycles. The summed E-state index contributed by atoms with van der Waals surface area (Å²) in [5.74, 6) is 2.22. The van der Waals surface area contributed by atoms with Gasteiger partial charge in [0.1, 0.15) is 17.5 Å². The zero-order chi connectivity index (χ0) is 16.2. The predicted molar refractivity (Wildman–Crippen MR) is 84.8 cm³/mol. The Morgan fingerprint density at radius 1 is 1.30 bits per heavy atom. The summed E-state index contributed by atoms with van der Waals surface area (Å²) in [6.45, 7) is 2.25. The van der Waals surface area contributed by atoms with Gasteiger partial charge in [0.05, 0.1) is 11.4 Å². The lowest BCUT2D eigenvalue weighted by Crippen LogP contribution is -2.10. The van der Waals surface area contributed by atoms with Gasteiger partial charge in [0.25, 0.3) is 0 Å². The van der Waals surface area contributed by atoms with Crippen molar-refractivity contribution in [3.8, 4) is 5.69 Å². The first-order chi connectivity index (χ1) is 11.2. The van der Waals surface area contributed by atoms with E-state index in [9.17, 15) is 4.39 Å². The van der Waals surface area contributed by atoms with Crippen LogP contribution in [0.4, 0.5) is 4.39 Å². The fourth-order valence-corrected chi connectivity index (χ4v) is 2.96. The van der Waals surface area contributed by atoms with Crippen LogP contribution in [0.25, 0.3) is 5.69 Å². The van der Waals surface area contributed by atoms with E-state index in [0.717, 1.165) is 5.82 Å². The number of nitrogens with two attached hydrogens (primary N) is 1. The number of thioether (sulfide) groups is 1. The van der Waals surface area contributed by atoms with Gasteiger partial charge in [0.15, 0.2) is 11.0 Å². The minimum absolute atomic E-state index is 0.332. The monoisotopic (exact) mass is 333 g/mol. The van der Waals surface area contributed by atoms with Gasteiger partial charge in [0.2, 0.25) is 0 Å². The van der Waals surface area contributed by atoms with Crippen LogP contribution in [-0.2, 0) is 12.2 Å². The average molecular weight is 333 g/mol. The van der Waals surface area contributed by atoms with Gasteiger partial charge in [-0.2, -0.15) is 5.10 Å². The number of nitrogens with one attached hydrogen (secondary N) is 1. The molecule has 3 aromatic rings. The molecule has 23 heavy (non-hydrogen) atoms. The smallest absolute Gasteiger partial charge is 0.196 e. The van der Waals surface area contributed by atoms with Gasteiger partial charge in [0, 0.05) is 6.42 Å². The molecule has 0 aliphatic rings. The lowest BCUT2D eigenvalue weighted by Gasteiger charge is -2.10. The highest BCUT2D eigenvalue weighted by Gasteiger charge is 2.17. The number of aromatic nitrogens is 6. The van der Waals surface area contributed by atoms with Crippen molar-refractivity contribution in [2.24, 2.45) is 5.73 Å². The minimum Gasteiger partial charge on any atom is -0.330 e. The molecule has 3 rings (SSSR count). The molecule has 0 spiro atoms. The molecule has 7 nitrogen and oxygen atoms in total. The van der Waals surface area contributed by atoms with Crippen LogP contribution in [0.5, 0.6) is 0 Å². The third-order valence-corrected chi connectivity index (χ3v) is 4.06. The van der Waals surface area contributed by atoms with Crippen LogP contribution < -0.4 is 5.73 Å². The number of hydrogen-bond acceptors (Lipinski definition) is 6. The quantitative estimate of drug-likeness (QED) is 0.665. The second-order valence-corrected chi connectivity index (χ2v) is 5.79. The van der Waals surface area contributed by atoms with Crippen molar-refractivity contribution in [1.29, 1.82) is 0 Å². The second-order valence-electron chi connectivity index (χ2n) is 4.85. The Morgan fingerprint density at radius 3 is 2.83 bits per heavy atom. The van der Waals surface area contributed by atoms with Crippen LogP contribution in [0.3, 0.4) is 0 Å². The van der Waals surface area contributed by atoms with Crippen molar-refractivity contribution < 1.29 is 4.39 Å². The third kappa shape index (κ3) is 3.40. The van der Waals surface area contributed by atoms with E-state index in [4.69, 9.17) is 5.73 Å². The highest BCUT2D eigenvalue weighted by Crippen LogP contribution is 2.25. The molecular formula is C14H16FN7S. The van der Waals surface area contributed by atoms with Crippen LogP contribution in [-0.4, -0.2) is 36.5 Å². The summed E-state index contributed by atoms with van der Waals surface area (Å²) in [5.41, 5.74) is 6.03. The molecular weight excluding hydrogens is 317 g/mol. The van der Waals surface area contributed by atoms with Gasteiger partial charge >= 0.3 is 0 Å². The largest absolute Gasteiger partial charge is 0.330 e. The first-order valence-electron chi connectivity index (χ1n) is 7.09. The first kappa shape index (κ1) is 15.6. The molecule has 0 fully saturated rings. The van der Waals surface area contributed by atoms with E-state index in [1.165, 1.54) is 17.8 Å². The molecule has 3 N–H and O–H groups in total. The standard InChI is InChI=1S/C14H16FN7S/c1-9-17-12(19-18-9)8-23-14-21-20-13(6-7-16)22(14)11-5-3-2-4-10(11)15/h2-5H,6-8,16H2,1H3,(H,17,18,19). The molecule has 0 radical (unpaired) electrons. The molecule has 1 aromatic carbocycles. The number of halogens is 1. The zero-order valence-corrected chi connectivity index (χ0v) is 13.3. The number of aryl methyl sites for hydroxylation is 1. The van der Waals surface area contributed by atoms with E-state index in [1.807, 2.05) is 6.92 Å². The molecule has 2 aromatic heterocycles. The Bertz CT molecular complexity index is 798. The summed E-state index contributed by atoms with van der Waals surface area (Å²) < 4.78 is 15.9. The van der Waals surface area contributed by atoms with E-state index < -0.39 is 0 Å². The average Bonchev–Trinajstić information content (AvgIpc) is 3.13. The number of H-pyrrole nitrogens is 1. The maximum atomic E-state index is 14.2. The molecule has 0 bridgehead atoms. The maximum absolute atomic E-state index is 14.2. The Morgan fingerprint density at radius 2 is 2.13 bits per heavy atom. The van der Waals surface area contributed by atoms with Gasteiger partial charge < -0.3 is 5.73 Å². The van der Waals surface area contributed by atoms with Crippen LogP contribution in [0, 0.1) is 12.7 Å². The SMILES string of the molecule is Cc1nc(CSc2nnc(CCN)n2-c2ccccc2F)n[nH]1. The molecule has 2 heterocycles. The van der Waals surface area contributed by atoms with Crippen LogP contribution >= 0.6 is 11.8 Å². The van der Waals surface area contributed by atoms with E-state index >= 15 is 0 Å². The number of nitrogens with zero attached hydrogens (tertiary/aromatic N) is 5. The van der Waals surface area contributed by atoms with E-state index in [-0.39, 0.29) is 5.82 Å². The van der Waals surface area contributed by atoms with Crippen molar-refractivity contribution >= 4 is 11.8 Å². The highest BCUT2D eigenvalue weighted by molar-refractivity contribution is 7.98. The number of para-hydroxylation sites is 1. The van der Waals surface area contributed by atoms with Gasteiger partial charge in [-0.05, 0) is 25.6 Å². The Labute approximate surface area is 136 Å². The summed E-state index contributed by atoms with van der Waals surface area (Å²) in [5, 5.41) is 15.8. The van der Waals surface area contributed by atoms with E-state index in [0.29, 0.717) is 41.2 Å². The number of hydrogen-bond donors (Lipinski definition) is 2.